The van der Waals surface area contributed by atoms with E-state index in [9.17, 15) is 13.2 Å². The number of aromatic nitrogens is 3. The molecule has 8 heteroatoms. The van der Waals surface area contributed by atoms with Crippen molar-refractivity contribution < 1.29 is 18.3 Å². The van der Waals surface area contributed by atoms with Gasteiger partial charge < -0.3 is 10.4 Å². The average molecular weight is 246 g/mol. The van der Waals surface area contributed by atoms with Crippen molar-refractivity contribution in [3.63, 3.8) is 0 Å². The zero-order valence-corrected chi connectivity index (χ0v) is 8.57. The molecule has 0 bridgehead atoms. The monoisotopic (exact) mass is 246 g/mol. The highest BCUT2D eigenvalue weighted by Crippen LogP contribution is 2.29. The second-order valence-corrected chi connectivity index (χ2v) is 3.28. The van der Waals surface area contributed by atoms with Crippen LogP contribution in [0.15, 0.2) is 18.5 Å². The van der Waals surface area contributed by atoms with E-state index in [2.05, 4.69) is 15.4 Å². The van der Waals surface area contributed by atoms with Crippen LogP contribution in [0.2, 0.25) is 0 Å². The van der Waals surface area contributed by atoms with Crippen LogP contribution in [0.3, 0.4) is 0 Å². The molecular formula is C9H9F3N4O. The smallest absolute Gasteiger partial charge is 0.395 e. The predicted octanol–water partition coefficient (Wildman–Crippen LogP) is 1.15. The van der Waals surface area contributed by atoms with Gasteiger partial charge in [0, 0.05) is 25.0 Å². The van der Waals surface area contributed by atoms with Crippen LogP contribution in [0.25, 0.3) is 5.52 Å². The maximum atomic E-state index is 12.5. The predicted molar refractivity (Wildman–Crippen MR) is 53.6 cm³/mol. The second-order valence-electron chi connectivity index (χ2n) is 3.28. The van der Waals surface area contributed by atoms with Crippen molar-refractivity contribution in [3.05, 3.63) is 24.2 Å². The lowest BCUT2D eigenvalue weighted by Crippen LogP contribution is -2.08. The number of nitrogens with one attached hydrogen (secondary N) is 1. The van der Waals surface area contributed by atoms with Gasteiger partial charge in [-0.1, -0.05) is 0 Å². The molecule has 0 radical (unpaired) electrons. The number of hydrogen-bond acceptors (Lipinski definition) is 4. The van der Waals surface area contributed by atoms with E-state index in [0.717, 1.165) is 10.6 Å². The van der Waals surface area contributed by atoms with Crippen molar-refractivity contribution in [3.8, 4) is 0 Å². The number of aliphatic hydroxyl groups is 1. The topological polar surface area (TPSA) is 62.5 Å². The fraction of sp³-hybridized carbons (Fsp3) is 0.333. The van der Waals surface area contributed by atoms with Crippen molar-refractivity contribution in [2.24, 2.45) is 0 Å². The number of halogens is 3. The molecule has 2 aromatic heterocycles. The van der Waals surface area contributed by atoms with Crippen LogP contribution in [0.4, 0.5) is 19.0 Å². The molecule has 0 aliphatic rings. The lowest BCUT2D eigenvalue weighted by Gasteiger charge is -2.03. The minimum atomic E-state index is -4.49. The first-order valence-corrected chi connectivity index (χ1v) is 4.78. The number of aliphatic hydroxyl groups excluding tert-OH is 1. The van der Waals surface area contributed by atoms with Crippen LogP contribution in [-0.2, 0) is 6.18 Å². The Kier molecular flexibility index (Phi) is 2.88. The molecule has 0 fully saturated rings. The fourth-order valence-corrected chi connectivity index (χ4v) is 1.37. The summed E-state index contributed by atoms with van der Waals surface area (Å²) >= 11 is 0. The highest BCUT2D eigenvalue weighted by atomic mass is 19.4. The summed E-state index contributed by atoms with van der Waals surface area (Å²) in [6.45, 7) is 0.0716. The molecule has 0 amide bonds. The van der Waals surface area contributed by atoms with E-state index >= 15 is 0 Å². The molecular weight excluding hydrogens is 237 g/mol. The molecule has 5 nitrogen and oxygen atoms in total. The molecule has 2 aromatic rings. The Labute approximate surface area is 93.9 Å². The van der Waals surface area contributed by atoms with Gasteiger partial charge in [-0.2, -0.15) is 18.3 Å². The molecule has 0 saturated heterocycles. The number of hydrogen-bond donors (Lipinski definition) is 2. The summed E-state index contributed by atoms with van der Waals surface area (Å²) in [6, 6.07) is 0.909. The van der Waals surface area contributed by atoms with Gasteiger partial charge in [0.1, 0.15) is 5.52 Å². The maximum Gasteiger partial charge on any atom is 0.435 e. The second kappa shape index (κ2) is 4.21. The third-order valence-corrected chi connectivity index (χ3v) is 2.08. The summed E-state index contributed by atoms with van der Waals surface area (Å²) in [4.78, 5) is 3.89. The van der Waals surface area contributed by atoms with Gasteiger partial charge in [-0.3, -0.25) is 0 Å². The van der Waals surface area contributed by atoms with Crippen LogP contribution in [-0.4, -0.2) is 32.9 Å². The largest absolute Gasteiger partial charge is 0.435 e. The van der Waals surface area contributed by atoms with Gasteiger partial charge in [-0.05, 0) is 0 Å². The normalized spacial score (nSPS) is 12.0. The van der Waals surface area contributed by atoms with Crippen molar-refractivity contribution >= 4 is 11.3 Å². The van der Waals surface area contributed by atoms with Crippen LogP contribution >= 0.6 is 0 Å². The Morgan fingerprint density at radius 1 is 1.41 bits per heavy atom. The highest BCUT2D eigenvalue weighted by molar-refractivity contribution is 5.67. The van der Waals surface area contributed by atoms with E-state index in [0.29, 0.717) is 0 Å². The number of alkyl halides is 3. The molecule has 0 atom stereocenters. The summed E-state index contributed by atoms with van der Waals surface area (Å²) in [7, 11) is 0. The Hall–Kier alpha value is -1.83. The number of anilines is 1. The zero-order chi connectivity index (χ0) is 12.5. The Bertz CT molecular complexity index is 522. The molecule has 0 aliphatic heterocycles. The molecule has 2 rings (SSSR count). The summed E-state index contributed by atoms with van der Waals surface area (Å²) in [5, 5.41) is 14.8. The van der Waals surface area contributed by atoms with Gasteiger partial charge in [0.15, 0.2) is 11.5 Å². The molecule has 92 valence electrons. The Morgan fingerprint density at radius 2 is 2.18 bits per heavy atom. The minimum Gasteiger partial charge on any atom is -0.395 e. The van der Waals surface area contributed by atoms with Gasteiger partial charge in [0.2, 0.25) is 0 Å². The quantitative estimate of drug-likeness (QED) is 0.852. The first-order chi connectivity index (χ1) is 8.02. The van der Waals surface area contributed by atoms with Crippen molar-refractivity contribution in [1.29, 1.82) is 0 Å². The minimum absolute atomic E-state index is 0.136. The lowest BCUT2D eigenvalue weighted by molar-refractivity contribution is -0.141. The average Bonchev–Trinajstić information content (AvgIpc) is 2.70. The number of nitrogens with zero attached hydrogens (tertiary/aromatic N) is 3. The SMILES string of the molecule is OCCNc1nccn2nc(C(F)(F)F)cc12. The molecule has 0 aromatic carbocycles. The summed E-state index contributed by atoms with van der Waals surface area (Å²) in [5.41, 5.74) is -0.758. The van der Waals surface area contributed by atoms with Crippen LogP contribution in [0.1, 0.15) is 5.69 Å². The Morgan fingerprint density at radius 3 is 2.82 bits per heavy atom. The highest BCUT2D eigenvalue weighted by Gasteiger charge is 2.34. The molecule has 0 unspecified atom stereocenters. The zero-order valence-electron chi connectivity index (χ0n) is 8.57. The molecule has 0 saturated carbocycles. The summed E-state index contributed by atoms with van der Waals surface area (Å²) in [6.07, 6.45) is -1.82. The van der Waals surface area contributed by atoms with Crippen LogP contribution in [0.5, 0.6) is 0 Å². The van der Waals surface area contributed by atoms with E-state index in [1.807, 2.05) is 0 Å². The maximum absolute atomic E-state index is 12.5. The van der Waals surface area contributed by atoms with E-state index in [-0.39, 0.29) is 24.5 Å². The van der Waals surface area contributed by atoms with E-state index in [4.69, 9.17) is 5.11 Å². The standard InChI is InChI=1S/C9H9F3N4O/c10-9(11,12)7-5-6-8(14-2-4-17)13-1-3-16(6)15-7/h1,3,5,17H,2,4H2,(H,13,14). The number of fused-ring (bicyclic) bond motifs is 1. The van der Waals surface area contributed by atoms with Gasteiger partial charge in [0.25, 0.3) is 0 Å². The van der Waals surface area contributed by atoms with Crippen LogP contribution < -0.4 is 5.32 Å². The first kappa shape index (κ1) is 11.6. The lowest BCUT2D eigenvalue weighted by atomic mass is 10.3. The van der Waals surface area contributed by atoms with Gasteiger partial charge in [-0.25, -0.2) is 9.50 Å². The molecule has 0 spiro atoms. The molecule has 0 aliphatic carbocycles. The van der Waals surface area contributed by atoms with Gasteiger partial charge in [0.05, 0.1) is 6.61 Å². The number of rotatable bonds is 3. The van der Waals surface area contributed by atoms with E-state index in [1.54, 1.807) is 0 Å². The van der Waals surface area contributed by atoms with Gasteiger partial charge >= 0.3 is 6.18 Å². The Balaban J connectivity index is 2.45. The van der Waals surface area contributed by atoms with Crippen molar-refractivity contribution in [2.75, 3.05) is 18.5 Å². The summed E-state index contributed by atoms with van der Waals surface area (Å²) < 4.78 is 38.5. The first-order valence-electron chi connectivity index (χ1n) is 4.78. The van der Waals surface area contributed by atoms with Crippen molar-refractivity contribution in [1.82, 2.24) is 14.6 Å². The van der Waals surface area contributed by atoms with Crippen LogP contribution in [0, 0.1) is 0 Å². The fourth-order valence-electron chi connectivity index (χ4n) is 1.37. The third kappa shape index (κ3) is 2.31. The van der Waals surface area contributed by atoms with Gasteiger partial charge in [-0.15, -0.1) is 0 Å². The molecule has 17 heavy (non-hydrogen) atoms. The van der Waals surface area contributed by atoms with E-state index < -0.39 is 11.9 Å². The third-order valence-electron chi connectivity index (χ3n) is 2.08. The molecule has 2 N–H and O–H groups in total. The van der Waals surface area contributed by atoms with Crippen molar-refractivity contribution in [2.45, 2.75) is 6.18 Å². The van der Waals surface area contributed by atoms with E-state index in [1.165, 1.54) is 12.4 Å². The molecule has 2 heterocycles. The summed E-state index contributed by atoms with van der Waals surface area (Å²) in [5.74, 6) is 0.254.